The smallest absolute Gasteiger partial charge is 0.335 e. The number of rotatable bonds is 5. The zero-order chi connectivity index (χ0) is 16.1. The largest absolute Gasteiger partial charge is 0.478 e. The van der Waals surface area contributed by atoms with Gasteiger partial charge in [-0.3, -0.25) is 5.43 Å². The van der Waals surface area contributed by atoms with Crippen molar-refractivity contribution in [2.75, 3.05) is 5.43 Å². The molecule has 0 radical (unpaired) electrons. The number of hydrogen-bond acceptors (Lipinski definition) is 3. The Bertz CT molecular complexity index is 671. The molecule has 0 atom stereocenters. The van der Waals surface area contributed by atoms with Gasteiger partial charge in [0.2, 0.25) is 0 Å². The maximum Gasteiger partial charge on any atom is 0.335 e. The lowest BCUT2D eigenvalue weighted by Gasteiger charge is -2.07. The molecule has 0 spiro atoms. The number of aromatic carboxylic acids is 1. The number of benzene rings is 2. The summed E-state index contributed by atoms with van der Waals surface area (Å²) in [6, 6.07) is 14.8. The Morgan fingerprint density at radius 2 is 1.55 bits per heavy atom. The van der Waals surface area contributed by atoms with Crippen molar-refractivity contribution < 1.29 is 9.90 Å². The highest BCUT2D eigenvalue weighted by molar-refractivity contribution is 5.99. The summed E-state index contributed by atoms with van der Waals surface area (Å²) >= 11 is 0. The van der Waals surface area contributed by atoms with E-state index < -0.39 is 5.97 Å². The van der Waals surface area contributed by atoms with Crippen LogP contribution in [0.5, 0.6) is 0 Å². The fourth-order valence-corrected chi connectivity index (χ4v) is 2.01. The number of carboxylic acid groups (broad SMARTS) is 1. The molecule has 0 heterocycles. The minimum absolute atomic E-state index is 0.260. The van der Waals surface area contributed by atoms with Crippen molar-refractivity contribution in [3.8, 4) is 0 Å². The average molecular weight is 296 g/mol. The van der Waals surface area contributed by atoms with Crippen LogP contribution in [0.2, 0.25) is 0 Å². The number of carbonyl (C=O) groups is 1. The number of carboxylic acids is 1. The van der Waals surface area contributed by atoms with Gasteiger partial charge in [0.1, 0.15) is 0 Å². The summed E-state index contributed by atoms with van der Waals surface area (Å²) in [7, 11) is 0. The topological polar surface area (TPSA) is 61.7 Å². The summed E-state index contributed by atoms with van der Waals surface area (Å²) < 4.78 is 0. The molecule has 4 heteroatoms. The van der Waals surface area contributed by atoms with E-state index in [-0.39, 0.29) is 5.56 Å². The molecule has 0 aromatic heterocycles. The Morgan fingerprint density at radius 3 is 2.05 bits per heavy atom. The van der Waals surface area contributed by atoms with E-state index >= 15 is 0 Å². The van der Waals surface area contributed by atoms with E-state index in [0.29, 0.717) is 5.92 Å². The van der Waals surface area contributed by atoms with Crippen molar-refractivity contribution in [3.63, 3.8) is 0 Å². The van der Waals surface area contributed by atoms with Gasteiger partial charge in [0, 0.05) is 0 Å². The van der Waals surface area contributed by atoms with Crippen molar-refractivity contribution in [1.29, 1.82) is 0 Å². The zero-order valence-electron chi connectivity index (χ0n) is 13.0. The van der Waals surface area contributed by atoms with E-state index in [4.69, 9.17) is 5.11 Å². The molecule has 2 N–H and O–H groups in total. The molecular formula is C18H20N2O2. The second kappa shape index (κ2) is 6.89. The molecule has 0 aliphatic carbocycles. The third-order valence-corrected chi connectivity index (χ3v) is 3.48. The van der Waals surface area contributed by atoms with Crippen LogP contribution in [0, 0.1) is 0 Å². The van der Waals surface area contributed by atoms with E-state index in [1.807, 2.05) is 6.92 Å². The summed E-state index contributed by atoms with van der Waals surface area (Å²) in [5, 5.41) is 13.2. The Balaban J connectivity index is 2.07. The molecule has 2 aromatic rings. The number of nitrogens with one attached hydrogen (secondary N) is 1. The molecular weight excluding hydrogens is 276 g/mol. The van der Waals surface area contributed by atoms with Crippen molar-refractivity contribution in [3.05, 3.63) is 65.2 Å². The predicted molar refractivity (Wildman–Crippen MR) is 89.8 cm³/mol. The molecule has 0 unspecified atom stereocenters. The quantitative estimate of drug-likeness (QED) is 0.637. The van der Waals surface area contributed by atoms with Gasteiger partial charge in [-0.2, -0.15) is 5.10 Å². The highest BCUT2D eigenvalue weighted by atomic mass is 16.4. The van der Waals surface area contributed by atoms with Gasteiger partial charge < -0.3 is 5.11 Å². The highest BCUT2D eigenvalue weighted by Gasteiger charge is 2.03. The van der Waals surface area contributed by atoms with Gasteiger partial charge in [-0.05, 0) is 48.2 Å². The van der Waals surface area contributed by atoms with Crippen LogP contribution in [0.4, 0.5) is 5.69 Å². The van der Waals surface area contributed by atoms with Crippen molar-refractivity contribution in [2.24, 2.45) is 5.10 Å². The van der Waals surface area contributed by atoms with E-state index in [1.165, 1.54) is 5.56 Å². The van der Waals surface area contributed by atoms with Gasteiger partial charge in [-0.1, -0.05) is 38.1 Å². The summed E-state index contributed by atoms with van der Waals surface area (Å²) in [4.78, 5) is 10.8. The molecule has 0 amide bonds. The molecule has 0 aliphatic rings. The van der Waals surface area contributed by atoms with Crippen LogP contribution in [0.15, 0.2) is 53.6 Å². The van der Waals surface area contributed by atoms with E-state index in [1.54, 1.807) is 24.3 Å². The maximum absolute atomic E-state index is 10.8. The third kappa shape index (κ3) is 3.95. The molecule has 2 rings (SSSR count). The van der Waals surface area contributed by atoms with Gasteiger partial charge >= 0.3 is 5.97 Å². The van der Waals surface area contributed by atoms with Crippen molar-refractivity contribution in [2.45, 2.75) is 26.7 Å². The second-order valence-electron chi connectivity index (χ2n) is 5.47. The molecule has 22 heavy (non-hydrogen) atoms. The summed E-state index contributed by atoms with van der Waals surface area (Å²) in [5.41, 5.74) is 7.18. The lowest BCUT2D eigenvalue weighted by molar-refractivity contribution is 0.0697. The second-order valence-corrected chi connectivity index (χ2v) is 5.47. The number of nitrogens with zero attached hydrogens (tertiary/aromatic N) is 1. The van der Waals surface area contributed by atoms with Crippen LogP contribution in [-0.4, -0.2) is 16.8 Å². The maximum atomic E-state index is 10.8. The first-order valence-corrected chi connectivity index (χ1v) is 7.21. The molecule has 0 aliphatic heterocycles. The first kappa shape index (κ1) is 15.8. The molecule has 0 fully saturated rings. The fourth-order valence-electron chi connectivity index (χ4n) is 2.01. The highest BCUT2D eigenvalue weighted by Crippen LogP contribution is 2.15. The summed E-state index contributed by atoms with van der Waals surface area (Å²) in [6.45, 7) is 6.26. The van der Waals surface area contributed by atoms with E-state index in [2.05, 4.69) is 48.6 Å². The lowest BCUT2D eigenvalue weighted by Crippen LogP contribution is -2.01. The van der Waals surface area contributed by atoms with Crippen LogP contribution in [0.1, 0.15) is 48.2 Å². The molecule has 0 bridgehead atoms. The van der Waals surface area contributed by atoms with Gasteiger partial charge in [0.15, 0.2) is 0 Å². The molecule has 2 aromatic carbocycles. The van der Waals surface area contributed by atoms with Crippen LogP contribution in [0.3, 0.4) is 0 Å². The molecule has 4 nitrogen and oxygen atoms in total. The first-order valence-electron chi connectivity index (χ1n) is 7.21. The van der Waals surface area contributed by atoms with Gasteiger partial charge in [0.05, 0.1) is 17.0 Å². The summed E-state index contributed by atoms with van der Waals surface area (Å²) in [6.07, 6.45) is 0. The van der Waals surface area contributed by atoms with Crippen molar-refractivity contribution >= 4 is 17.4 Å². The van der Waals surface area contributed by atoms with Gasteiger partial charge in [-0.25, -0.2) is 4.79 Å². The Kier molecular flexibility index (Phi) is 4.94. The predicted octanol–water partition coefficient (Wildman–Crippen LogP) is 4.34. The summed E-state index contributed by atoms with van der Waals surface area (Å²) in [5.74, 6) is -0.423. The van der Waals surface area contributed by atoms with Crippen molar-refractivity contribution in [1.82, 2.24) is 0 Å². The van der Waals surface area contributed by atoms with E-state index in [9.17, 15) is 4.79 Å². The van der Waals surface area contributed by atoms with Crippen LogP contribution < -0.4 is 5.43 Å². The van der Waals surface area contributed by atoms with Crippen LogP contribution >= 0.6 is 0 Å². The Labute approximate surface area is 130 Å². The van der Waals surface area contributed by atoms with Gasteiger partial charge in [0.25, 0.3) is 0 Å². The average Bonchev–Trinajstić information content (AvgIpc) is 2.53. The molecule has 0 saturated carbocycles. The third-order valence-electron chi connectivity index (χ3n) is 3.48. The van der Waals surface area contributed by atoms with Crippen LogP contribution in [-0.2, 0) is 0 Å². The Morgan fingerprint density at radius 1 is 1.00 bits per heavy atom. The number of hydrogen-bond donors (Lipinski definition) is 2. The lowest BCUT2D eigenvalue weighted by atomic mass is 10.0. The monoisotopic (exact) mass is 296 g/mol. The van der Waals surface area contributed by atoms with Gasteiger partial charge in [-0.15, -0.1) is 0 Å². The standard InChI is InChI=1S/C18H20N2O2/c1-12(2)14-4-6-15(7-5-14)13(3)19-20-17-10-8-16(9-11-17)18(21)22/h4-12,20H,1-3H3,(H,21,22). The SMILES string of the molecule is CC(=NNc1ccc(C(=O)O)cc1)c1ccc(C(C)C)cc1. The Hall–Kier alpha value is -2.62. The molecule has 114 valence electrons. The number of hydrazone groups is 1. The minimum Gasteiger partial charge on any atom is -0.478 e. The minimum atomic E-state index is -0.934. The normalized spacial score (nSPS) is 11.5. The first-order chi connectivity index (χ1) is 10.5. The fraction of sp³-hybridized carbons (Fsp3) is 0.222. The number of anilines is 1. The zero-order valence-corrected chi connectivity index (χ0v) is 13.0. The van der Waals surface area contributed by atoms with Crippen LogP contribution in [0.25, 0.3) is 0 Å². The van der Waals surface area contributed by atoms with E-state index in [0.717, 1.165) is 17.0 Å². The molecule has 0 saturated heterocycles.